The van der Waals surface area contributed by atoms with Crippen molar-refractivity contribution in [1.29, 1.82) is 0 Å². The maximum atomic E-state index is 13.4. The number of benzene rings is 1. The highest BCUT2D eigenvalue weighted by molar-refractivity contribution is 5.90. The summed E-state index contributed by atoms with van der Waals surface area (Å²) in [6, 6.07) is 1.52. The van der Waals surface area contributed by atoms with Crippen LogP contribution in [0.2, 0.25) is 0 Å². The SMILES string of the molecule is Nc1cc(C(=O)OCC2CCOC2)c(F)cc1F. The van der Waals surface area contributed by atoms with Gasteiger partial charge in [0.05, 0.1) is 24.5 Å². The topological polar surface area (TPSA) is 61.6 Å². The standard InChI is InChI=1S/C12H13F2NO3/c13-9-4-10(14)11(15)3-8(9)12(16)18-6-7-1-2-17-5-7/h3-4,7H,1-2,5-6,15H2. The van der Waals surface area contributed by atoms with Gasteiger partial charge in [0.2, 0.25) is 0 Å². The predicted molar refractivity (Wildman–Crippen MR) is 60.0 cm³/mol. The van der Waals surface area contributed by atoms with Crippen molar-refractivity contribution in [3.8, 4) is 0 Å². The Morgan fingerprint density at radius 3 is 2.89 bits per heavy atom. The number of esters is 1. The molecular formula is C12H13F2NO3. The van der Waals surface area contributed by atoms with Crippen LogP contribution in [0.5, 0.6) is 0 Å². The summed E-state index contributed by atoms with van der Waals surface area (Å²) >= 11 is 0. The fourth-order valence-electron chi connectivity index (χ4n) is 1.71. The number of hydrogen-bond acceptors (Lipinski definition) is 4. The molecule has 2 rings (SSSR count). The molecule has 18 heavy (non-hydrogen) atoms. The van der Waals surface area contributed by atoms with Crippen molar-refractivity contribution in [3.05, 3.63) is 29.3 Å². The largest absolute Gasteiger partial charge is 0.462 e. The third-order valence-corrected chi connectivity index (χ3v) is 2.78. The molecule has 0 aliphatic carbocycles. The fourth-order valence-corrected chi connectivity index (χ4v) is 1.71. The summed E-state index contributed by atoms with van der Waals surface area (Å²) in [6.45, 7) is 1.33. The molecular weight excluding hydrogens is 244 g/mol. The number of carbonyl (C=O) groups excluding carboxylic acids is 1. The summed E-state index contributed by atoms with van der Waals surface area (Å²) in [7, 11) is 0. The first-order valence-electron chi connectivity index (χ1n) is 5.57. The molecule has 1 aliphatic rings. The lowest BCUT2D eigenvalue weighted by molar-refractivity contribution is 0.0423. The van der Waals surface area contributed by atoms with Crippen molar-refractivity contribution in [3.63, 3.8) is 0 Å². The van der Waals surface area contributed by atoms with Crippen LogP contribution < -0.4 is 5.73 Å². The Morgan fingerprint density at radius 2 is 2.22 bits per heavy atom. The van der Waals surface area contributed by atoms with Gasteiger partial charge >= 0.3 is 5.97 Å². The van der Waals surface area contributed by atoms with Crippen LogP contribution in [0, 0.1) is 17.6 Å². The molecule has 0 aromatic heterocycles. The van der Waals surface area contributed by atoms with Gasteiger partial charge in [-0.05, 0) is 12.5 Å². The molecule has 1 unspecified atom stereocenters. The zero-order valence-corrected chi connectivity index (χ0v) is 9.62. The van der Waals surface area contributed by atoms with E-state index in [4.69, 9.17) is 15.2 Å². The second kappa shape index (κ2) is 5.30. The molecule has 1 fully saturated rings. The fraction of sp³-hybridized carbons (Fsp3) is 0.417. The normalized spacial score (nSPS) is 18.9. The van der Waals surface area contributed by atoms with Crippen molar-refractivity contribution in [1.82, 2.24) is 0 Å². The quantitative estimate of drug-likeness (QED) is 0.661. The van der Waals surface area contributed by atoms with Gasteiger partial charge in [0.1, 0.15) is 11.6 Å². The molecule has 1 aromatic rings. The Balaban J connectivity index is 2.01. The lowest BCUT2D eigenvalue weighted by atomic mass is 10.1. The van der Waals surface area contributed by atoms with E-state index in [9.17, 15) is 13.6 Å². The smallest absolute Gasteiger partial charge is 0.341 e. The van der Waals surface area contributed by atoms with Gasteiger partial charge in [-0.1, -0.05) is 0 Å². The van der Waals surface area contributed by atoms with Gasteiger partial charge in [0.15, 0.2) is 0 Å². The van der Waals surface area contributed by atoms with Crippen molar-refractivity contribution < 1.29 is 23.0 Å². The lowest BCUT2D eigenvalue weighted by Crippen LogP contribution is -2.15. The molecule has 0 spiro atoms. The first-order chi connectivity index (χ1) is 8.58. The number of halogens is 2. The van der Waals surface area contributed by atoms with E-state index < -0.39 is 17.6 Å². The summed E-state index contributed by atoms with van der Waals surface area (Å²) in [5.41, 5.74) is 4.64. The van der Waals surface area contributed by atoms with Crippen LogP contribution in [0.4, 0.5) is 14.5 Å². The first kappa shape index (κ1) is 12.8. The number of rotatable bonds is 3. The van der Waals surface area contributed by atoms with E-state index in [0.717, 1.165) is 12.5 Å². The molecule has 2 N–H and O–H groups in total. The number of hydrogen-bond donors (Lipinski definition) is 1. The van der Waals surface area contributed by atoms with E-state index in [1.165, 1.54) is 0 Å². The van der Waals surface area contributed by atoms with E-state index in [0.29, 0.717) is 19.3 Å². The number of ether oxygens (including phenoxy) is 2. The second-order valence-corrected chi connectivity index (χ2v) is 4.18. The molecule has 1 heterocycles. The number of carbonyl (C=O) groups is 1. The molecule has 1 aromatic carbocycles. The highest BCUT2D eigenvalue weighted by Gasteiger charge is 2.20. The number of anilines is 1. The Bertz CT molecular complexity index is 459. The second-order valence-electron chi connectivity index (χ2n) is 4.18. The van der Waals surface area contributed by atoms with E-state index >= 15 is 0 Å². The molecule has 0 bridgehead atoms. The Hall–Kier alpha value is -1.69. The minimum Gasteiger partial charge on any atom is -0.462 e. The molecule has 98 valence electrons. The number of nitrogen functional groups attached to an aromatic ring is 1. The average molecular weight is 257 g/mol. The molecule has 1 aliphatic heterocycles. The first-order valence-corrected chi connectivity index (χ1v) is 5.57. The van der Waals surface area contributed by atoms with Crippen LogP contribution in [0.15, 0.2) is 12.1 Å². The summed E-state index contributed by atoms with van der Waals surface area (Å²) < 4.78 is 36.4. The van der Waals surface area contributed by atoms with Crippen molar-refractivity contribution in [2.24, 2.45) is 5.92 Å². The number of nitrogens with two attached hydrogens (primary N) is 1. The maximum Gasteiger partial charge on any atom is 0.341 e. The Morgan fingerprint density at radius 1 is 1.44 bits per heavy atom. The highest BCUT2D eigenvalue weighted by atomic mass is 19.1. The van der Waals surface area contributed by atoms with Gasteiger partial charge in [0, 0.05) is 18.6 Å². The molecule has 0 saturated carbocycles. The average Bonchev–Trinajstić information content (AvgIpc) is 2.84. The monoisotopic (exact) mass is 257 g/mol. The maximum absolute atomic E-state index is 13.4. The third kappa shape index (κ3) is 2.76. The summed E-state index contributed by atoms with van der Waals surface area (Å²) in [4.78, 5) is 11.6. The van der Waals surface area contributed by atoms with Gasteiger partial charge in [-0.15, -0.1) is 0 Å². The molecule has 1 saturated heterocycles. The Labute approximate surface area is 103 Å². The summed E-state index contributed by atoms with van der Waals surface area (Å²) in [5.74, 6) is -2.58. The lowest BCUT2D eigenvalue weighted by Gasteiger charge is -2.10. The van der Waals surface area contributed by atoms with Gasteiger partial charge in [-0.25, -0.2) is 13.6 Å². The van der Waals surface area contributed by atoms with Crippen LogP contribution in [0.25, 0.3) is 0 Å². The van der Waals surface area contributed by atoms with Gasteiger partial charge in [-0.3, -0.25) is 0 Å². The van der Waals surface area contributed by atoms with Crippen molar-refractivity contribution in [2.45, 2.75) is 6.42 Å². The summed E-state index contributed by atoms with van der Waals surface area (Å²) in [6.07, 6.45) is 0.807. The van der Waals surface area contributed by atoms with Crippen LogP contribution in [-0.2, 0) is 9.47 Å². The molecule has 4 nitrogen and oxygen atoms in total. The van der Waals surface area contributed by atoms with Crippen LogP contribution in [0.1, 0.15) is 16.8 Å². The molecule has 6 heteroatoms. The van der Waals surface area contributed by atoms with Gasteiger partial charge in [0.25, 0.3) is 0 Å². The summed E-state index contributed by atoms with van der Waals surface area (Å²) in [5, 5.41) is 0. The zero-order chi connectivity index (χ0) is 13.1. The van der Waals surface area contributed by atoms with Crippen molar-refractivity contribution in [2.75, 3.05) is 25.6 Å². The highest BCUT2D eigenvalue weighted by Crippen LogP contribution is 2.19. The van der Waals surface area contributed by atoms with Gasteiger partial charge in [-0.2, -0.15) is 0 Å². The minimum absolute atomic E-state index is 0.134. The van der Waals surface area contributed by atoms with Crippen molar-refractivity contribution >= 4 is 11.7 Å². The third-order valence-electron chi connectivity index (χ3n) is 2.78. The van der Waals surface area contributed by atoms with E-state index in [1.54, 1.807) is 0 Å². The van der Waals surface area contributed by atoms with Gasteiger partial charge < -0.3 is 15.2 Å². The molecule has 0 radical (unpaired) electrons. The van der Waals surface area contributed by atoms with Crippen LogP contribution >= 0.6 is 0 Å². The Kier molecular flexibility index (Phi) is 3.76. The van der Waals surface area contributed by atoms with E-state index in [-0.39, 0.29) is 23.8 Å². The van der Waals surface area contributed by atoms with E-state index in [1.807, 2.05) is 0 Å². The molecule has 1 atom stereocenters. The zero-order valence-electron chi connectivity index (χ0n) is 9.62. The van der Waals surface area contributed by atoms with E-state index in [2.05, 4.69) is 0 Å². The predicted octanol–water partition coefficient (Wildman–Crippen LogP) is 1.74. The minimum atomic E-state index is -0.977. The molecule has 0 amide bonds. The van der Waals surface area contributed by atoms with Crippen LogP contribution in [0.3, 0.4) is 0 Å². The van der Waals surface area contributed by atoms with Crippen LogP contribution in [-0.4, -0.2) is 25.8 Å².